The molecule has 7 heteroatoms. The summed E-state index contributed by atoms with van der Waals surface area (Å²) in [6.45, 7) is 4.89. The lowest BCUT2D eigenvalue weighted by Gasteiger charge is -2.22. The summed E-state index contributed by atoms with van der Waals surface area (Å²) in [7, 11) is 1.52. The third-order valence-electron chi connectivity index (χ3n) is 3.40. The van der Waals surface area contributed by atoms with Crippen molar-refractivity contribution < 1.29 is 14.5 Å². The third-order valence-corrected chi connectivity index (χ3v) is 3.40. The van der Waals surface area contributed by atoms with Crippen LogP contribution < -0.4 is 0 Å². The minimum Gasteiger partial charge on any atom is -0.342 e. The van der Waals surface area contributed by atoms with Gasteiger partial charge in [0.05, 0.1) is 17.0 Å². The van der Waals surface area contributed by atoms with Crippen LogP contribution in [0.1, 0.15) is 19.4 Å². The standard InChI is InChI=1S/C16H21N3O4/c1-4-18(5-2)16(21)12-17(3)15(20)11-10-13-8-6-7-9-14(13)19(22)23/h6-11H,4-5,12H2,1-3H3/b11-10+. The van der Waals surface area contributed by atoms with E-state index in [4.69, 9.17) is 0 Å². The van der Waals surface area contributed by atoms with Crippen LogP contribution in [0.5, 0.6) is 0 Å². The van der Waals surface area contributed by atoms with E-state index in [9.17, 15) is 19.7 Å². The van der Waals surface area contributed by atoms with Crippen molar-refractivity contribution in [3.63, 3.8) is 0 Å². The van der Waals surface area contributed by atoms with Crippen molar-refractivity contribution in [3.8, 4) is 0 Å². The molecule has 1 aromatic rings. The highest BCUT2D eigenvalue weighted by atomic mass is 16.6. The van der Waals surface area contributed by atoms with Crippen LogP contribution in [0.3, 0.4) is 0 Å². The zero-order chi connectivity index (χ0) is 17.4. The molecule has 124 valence electrons. The molecular formula is C16H21N3O4. The van der Waals surface area contributed by atoms with E-state index in [1.54, 1.807) is 23.1 Å². The maximum atomic E-state index is 12.0. The fourth-order valence-electron chi connectivity index (χ4n) is 2.04. The van der Waals surface area contributed by atoms with Gasteiger partial charge in [0, 0.05) is 32.3 Å². The second-order valence-electron chi connectivity index (χ2n) is 4.91. The van der Waals surface area contributed by atoms with Gasteiger partial charge < -0.3 is 9.80 Å². The number of carbonyl (C=O) groups is 2. The zero-order valence-corrected chi connectivity index (χ0v) is 13.6. The average molecular weight is 319 g/mol. The van der Waals surface area contributed by atoms with Crippen LogP contribution in [0.15, 0.2) is 30.3 Å². The Morgan fingerprint density at radius 3 is 2.39 bits per heavy atom. The normalized spacial score (nSPS) is 10.6. The van der Waals surface area contributed by atoms with Crippen LogP contribution in [0, 0.1) is 10.1 Å². The predicted octanol–water partition coefficient (Wildman–Crippen LogP) is 1.93. The smallest absolute Gasteiger partial charge is 0.276 e. The zero-order valence-electron chi connectivity index (χ0n) is 13.6. The summed E-state index contributed by atoms with van der Waals surface area (Å²) in [5.74, 6) is -0.520. The Hall–Kier alpha value is -2.70. The summed E-state index contributed by atoms with van der Waals surface area (Å²) >= 11 is 0. The summed E-state index contributed by atoms with van der Waals surface area (Å²) < 4.78 is 0. The summed E-state index contributed by atoms with van der Waals surface area (Å²) in [5.41, 5.74) is 0.271. The van der Waals surface area contributed by atoms with Crippen LogP contribution in [-0.4, -0.2) is 53.2 Å². The Labute approximate surface area is 135 Å². The van der Waals surface area contributed by atoms with Crippen molar-refractivity contribution in [1.29, 1.82) is 0 Å². The number of para-hydroxylation sites is 1. The van der Waals surface area contributed by atoms with E-state index >= 15 is 0 Å². The maximum Gasteiger partial charge on any atom is 0.276 e. The predicted molar refractivity (Wildman–Crippen MR) is 87.7 cm³/mol. The van der Waals surface area contributed by atoms with Crippen LogP contribution in [0.4, 0.5) is 5.69 Å². The lowest BCUT2D eigenvalue weighted by atomic mass is 10.1. The Bertz CT molecular complexity index is 609. The molecule has 0 aliphatic heterocycles. The maximum absolute atomic E-state index is 12.0. The molecule has 0 spiro atoms. The molecular weight excluding hydrogens is 298 g/mol. The Morgan fingerprint density at radius 2 is 1.83 bits per heavy atom. The summed E-state index contributed by atoms with van der Waals surface area (Å²) in [6, 6.07) is 6.15. The molecule has 0 bridgehead atoms. The molecule has 0 unspecified atom stereocenters. The van der Waals surface area contributed by atoms with Crippen molar-refractivity contribution >= 4 is 23.6 Å². The first-order valence-electron chi connectivity index (χ1n) is 7.35. The minimum atomic E-state index is -0.502. The first-order chi connectivity index (χ1) is 10.9. The highest BCUT2D eigenvalue weighted by Crippen LogP contribution is 2.18. The van der Waals surface area contributed by atoms with E-state index in [0.717, 1.165) is 0 Å². The van der Waals surface area contributed by atoms with Crippen molar-refractivity contribution in [2.24, 2.45) is 0 Å². The van der Waals surface area contributed by atoms with Gasteiger partial charge in [-0.05, 0) is 26.0 Å². The number of amides is 2. The van der Waals surface area contributed by atoms with Crippen molar-refractivity contribution in [2.75, 3.05) is 26.7 Å². The number of nitro benzene ring substituents is 1. The number of carbonyl (C=O) groups excluding carboxylic acids is 2. The highest BCUT2D eigenvalue weighted by molar-refractivity contribution is 5.94. The van der Waals surface area contributed by atoms with Crippen molar-refractivity contribution in [2.45, 2.75) is 13.8 Å². The van der Waals surface area contributed by atoms with Gasteiger partial charge in [-0.15, -0.1) is 0 Å². The van der Waals surface area contributed by atoms with Gasteiger partial charge >= 0.3 is 0 Å². The van der Waals surface area contributed by atoms with Crippen LogP contribution in [0.25, 0.3) is 6.08 Å². The van der Waals surface area contributed by atoms with E-state index in [1.807, 2.05) is 13.8 Å². The largest absolute Gasteiger partial charge is 0.342 e. The number of benzene rings is 1. The molecule has 0 saturated carbocycles. The van der Waals surface area contributed by atoms with Crippen LogP contribution in [-0.2, 0) is 9.59 Å². The number of hydrogen-bond acceptors (Lipinski definition) is 4. The average Bonchev–Trinajstić information content (AvgIpc) is 2.53. The molecule has 2 amide bonds. The van der Waals surface area contributed by atoms with E-state index < -0.39 is 4.92 Å². The van der Waals surface area contributed by atoms with E-state index in [0.29, 0.717) is 18.7 Å². The molecule has 0 aliphatic rings. The fraction of sp³-hybridized carbons (Fsp3) is 0.375. The lowest BCUT2D eigenvalue weighted by Crippen LogP contribution is -2.40. The Kier molecular flexibility index (Phi) is 6.92. The van der Waals surface area contributed by atoms with E-state index in [2.05, 4.69) is 0 Å². The second-order valence-corrected chi connectivity index (χ2v) is 4.91. The van der Waals surface area contributed by atoms with E-state index in [-0.39, 0.29) is 24.0 Å². The molecule has 0 N–H and O–H groups in total. The van der Waals surface area contributed by atoms with Gasteiger partial charge in [-0.25, -0.2) is 0 Å². The molecule has 7 nitrogen and oxygen atoms in total. The second kappa shape index (κ2) is 8.67. The van der Waals surface area contributed by atoms with Gasteiger partial charge in [0.25, 0.3) is 5.69 Å². The number of hydrogen-bond donors (Lipinski definition) is 0. The molecule has 0 aliphatic carbocycles. The van der Waals surface area contributed by atoms with Gasteiger partial charge in [0.2, 0.25) is 11.8 Å². The molecule has 23 heavy (non-hydrogen) atoms. The first kappa shape index (κ1) is 18.3. The third kappa shape index (κ3) is 5.21. The van der Waals surface area contributed by atoms with Gasteiger partial charge in [0.1, 0.15) is 0 Å². The number of likely N-dealkylation sites (N-methyl/N-ethyl adjacent to an activating group) is 2. The van der Waals surface area contributed by atoms with Crippen molar-refractivity contribution in [1.82, 2.24) is 9.80 Å². The Balaban J connectivity index is 2.76. The van der Waals surface area contributed by atoms with Crippen molar-refractivity contribution in [3.05, 3.63) is 46.0 Å². The molecule has 1 aromatic carbocycles. The Morgan fingerprint density at radius 1 is 1.22 bits per heavy atom. The minimum absolute atomic E-state index is 0.0261. The first-order valence-corrected chi connectivity index (χ1v) is 7.35. The topological polar surface area (TPSA) is 83.8 Å². The van der Waals surface area contributed by atoms with Crippen LogP contribution in [0.2, 0.25) is 0 Å². The molecule has 0 heterocycles. The summed E-state index contributed by atoms with van der Waals surface area (Å²) in [5, 5.41) is 10.9. The summed E-state index contributed by atoms with van der Waals surface area (Å²) in [4.78, 5) is 37.3. The quantitative estimate of drug-likeness (QED) is 0.437. The summed E-state index contributed by atoms with van der Waals surface area (Å²) in [6.07, 6.45) is 2.62. The van der Waals surface area contributed by atoms with Gasteiger partial charge in [-0.2, -0.15) is 0 Å². The van der Waals surface area contributed by atoms with Gasteiger partial charge in [-0.3, -0.25) is 19.7 Å². The molecule has 0 atom stereocenters. The van der Waals surface area contributed by atoms with Gasteiger partial charge in [0.15, 0.2) is 0 Å². The van der Waals surface area contributed by atoms with Crippen LogP contribution >= 0.6 is 0 Å². The number of rotatable bonds is 7. The SMILES string of the molecule is CCN(CC)C(=O)CN(C)C(=O)/C=C/c1ccccc1[N+](=O)[O-]. The molecule has 1 rings (SSSR count). The number of nitrogens with zero attached hydrogens (tertiary/aromatic N) is 3. The van der Waals surface area contributed by atoms with Gasteiger partial charge in [-0.1, -0.05) is 12.1 Å². The molecule has 0 saturated heterocycles. The monoisotopic (exact) mass is 319 g/mol. The number of nitro groups is 1. The highest BCUT2D eigenvalue weighted by Gasteiger charge is 2.15. The molecule has 0 aromatic heterocycles. The molecule has 0 fully saturated rings. The fourth-order valence-corrected chi connectivity index (χ4v) is 2.04. The molecule has 0 radical (unpaired) electrons. The lowest BCUT2D eigenvalue weighted by molar-refractivity contribution is -0.385. The van der Waals surface area contributed by atoms with E-state index in [1.165, 1.54) is 30.2 Å².